The summed E-state index contributed by atoms with van der Waals surface area (Å²) in [6.07, 6.45) is 0. The van der Waals surface area contributed by atoms with Crippen molar-refractivity contribution in [2.75, 3.05) is 13.6 Å². The summed E-state index contributed by atoms with van der Waals surface area (Å²) in [6.45, 7) is 2.18. The van der Waals surface area contributed by atoms with E-state index in [0.717, 1.165) is 38.9 Å². The topological polar surface area (TPSA) is 46.6 Å². The molecule has 2 aromatic carbocycles. The molecule has 5 heteroatoms. The Labute approximate surface area is 155 Å². The SMILES string of the molecule is Cc1ccc(Oc2cc[c]([Y])cc2C2C(=O)CN(C)C2=O)cc1. The molecule has 1 unspecified atom stereocenters. The van der Waals surface area contributed by atoms with Gasteiger partial charge in [0.25, 0.3) is 0 Å². The van der Waals surface area contributed by atoms with Crippen molar-refractivity contribution in [2.24, 2.45) is 0 Å². The zero-order valence-corrected chi connectivity index (χ0v) is 15.9. The second kappa shape index (κ2) is 6.54. The fraction of sp³-hybridized carbons (Fsp3) is 0.222. The molecule has 1 saturated heterocycles. The second-order valence-electron chi connectivity index (χ2n) is 5.81. The van der Waals surface area contributed by atoms with Crippen molar-refractivity contribution in [1.29, 1.82) is 0 Å². The maximum atomic E-state index is 12.3. The molecule has 0 aromatic heterocycles. The molecule has 0 N–H and O–H groups in total. The van der Waals surface area contributed by atoms with Crippen LogP contribution in [-0.4, -0.2) is 30.2 Å². The first-order chi connectivity index (χ1) is 11.0. The number of hydrogen-bond donors (Lipinski definition) is 0. The van der Waals surface area contributed by atoms with Gasteiger partial charge in [0.05, 0.1) is 0 Å². The number of likely N-dealkylation sites (tertiary alicyclic amines) is 1. The number of nitrogens with zero attached hydrogens (tertiary/aromatic N) is 1. The van der Waals surface area contributed by atoms with Crippen molar-refractivity contribution in [3.05, 3.63) is 53.6 Å². The van der Waals surface area contributed by atoms with Crippen molar-refractivity contribution >= 4 is 14.1 Å². The van der Waals surface area contributed by atoms with Crippen LogP contribution in [0.4, 0.5) is 0 Å². The van der Waals surface area contributed by atoms with E-state index in [1.54, 1.807) is 7.05 Å². The van der Waals surface area contributed by atoms with Crippen LogP contribution in [0.15, 0.2) is 42.5 Å². The first kappa shape index (κ1) is 16.3. The molecular formula is C18H16NO3Y. The van der Waals surface area contributed by atoms with Crippen molar-refractivity contribution in [2.45, 2.75) is 12.8 Å². The summed E-state index contributed by atoms with van der Waals surface area (Å²) in [7, 11) is 1.66. The molecule has 0 spiro atoms. The van der Waals surface area contributed by atoms with Crippen molar-refractivity contribution < 1.29 is 45.3 Å². The maximum absolute atomic E-state index is 12.3. The molecule has 1 aliphatic heterocycles. The molecule has 1 heterocycles. The van der Waals surface area contributed by atoms with Crippen LogP contribution < -0.4 is 7.11 Å². The fourth-order valence-corrected chi connectivity index (χ4v) is 3.36. The number of benzene rings is 2. The molecule has 114 valence electrons. The number of amides is 1. The van der Waals surface area contributed by atoms with Crippen LogP contribution in [0.3, 0.4) is 0 Å². The van der Waals surface area contributed by atoms with Crippen LogP contribution >= 0.6 is 0 Å². The van der Waals surface area contributed by atoms with Crippen molar-refractivity contribution in [1.82, 2.24) is 4.90 Å². The van der Waals surface area contributed by atoms with Gasteiger partial charge in [-0.25, -0.2) is 0 Å². The molecule has 1 amide bonds. The normalized spacial score (nSPS) is 17.6. The average molecular weight is 383 g/mol. The molecule has 1 atom stereocenters. The summed E-state index contributed by atoms with van der Waals surface area (Å²) in [6, 6.07) is 13.5. The van der Waals surface area contributed by atoms with Crippen LogP contribution in [0, 0.1) is 6.92 Å². The molecule has 0 saturated carbocycles. The summed E-state index contributed by atoms with van der Waals surface area (Å²) < 4.78 is 7.08. The van der Waals surface area contributed by atoms with Gasteiger partial charge >= 0.3 is 156 Å². The van der Waals surface area contributed by atoms with Crippen LogP contribution in [0.2, 0.25) is 0 Å². The minimum absolute atomic E-state index is 0.0718. The molecule has 0 radical (unpaired) electrons. The molecule has 0 bridgehead atoms. The number of aryl methyl sites for hydroxylation is 1. The van der Waals surface area contributed by atoms with Gasteiger partial charge in [-0.15, -0.1) is 0 Å². The van der Waals surface area contributed by atoms with Gasteiger partial charge in [-0.2, -0.15) is 0 Å². The molecule has 23 heavy (non-hydrogen) atoms. The van der Waals surface area contributed by atoms with E-state index < -0.39 is 5.92 Å². The summed E-state index contributed by atoms with van der Waals surface area (Å²) in [5.74, 6) is 0.303. The van der Waals surface area contributed by atoms with E-state index in [1.807, 2.05) is 49.4 Å². The van der Waals surface area contributed by atoms with Gasteiger partial charge in [0.2, 0.25) is 0 Å². The zero-order chi connectivity index (χ0) is 16.6. The van der Waals surface area contributed by atoms with Crippen molar-refractivity contribution in [3.8, 4) is 11.5 Å². The molecule has 3 rings (SSSR count). The molecule has 1 aliphatic rings. The summed E-state index contributed by atoms with van der Waals surface area (Å²) >= 11 is 0.922. The van der Waals surface area contributed by atoms with E-state index in [1.165, 1.54) is 4.90 Å². The average Bonchev–Trinajstić information content (AvgIpc) is 2.76. The Bertz CT molecular complexity index is 770. The molecule has 2 aromatic rings. The Balaban J connectivity index is 2.00. The van der Waals surface area contributed by atoms with Crippen LogP contribution in [0.1, 0.15) is 17.0 Å². The van der Waals surface area contributed by atoms with Gasteiger partial charge in [0.15, 0.2) is 0 Å². The third kappa shape index (κ3) is 3.38. The minimum atomic E-state index is -0.743. The second-order valence-corrected chi connectivity index (χ2v) is 7.44. The first-order valence-electron chi connectivity index (χ1n) is 7.37. The van der Waals surface area contributed by atoms with Gasteiger partial charge in [-0.05, 0) is 0 Å². The number of likely N-dealkylation sites (N-methyl/N-ethyl adjacent to an activating group) is 1. The number of Topliss-reactive ketones (excluding diaryl/α,β-unsaturated/α-hetero) is 1. The Hall–Kier alpha value is -1.52. The molecule has 1 fully saturated rings. The Morgan fingerprint density at radius 2 is 1.83 bits per heavy atom. The van der Waals surface area contributed by atoms with Crippen molar-refractivity contribution in [3.63, 3.8) is 0 Å². The number of hydrogen-bond acceptors (Lipinski definition) is 3. The van der Waals surface area contributed by atoms with Crippen LogP contribution in [0.5, 0.6) is 11.5 Å². The van der Waals surface area contributed by atoms with Gasteiger partial charge < -0.3 is 0 Å². The quantitative estimate of drug-likeness (QED) is 0.763. The van der Waals surface area contributed by atoms with Gasteiger partial charge in [0.1, 0.15) is 0 Å². The summed E-state index contributed by atoms with van der Waals surface area (Å²) in [5, 5.41) is 0. The Morgan fingerprint density at radius 3 is 2.43 bits per heavy atom. The van der Waals surface area contributed by atoms with E-state index in [4.69, 9.17) is 4.74 Å². The zero-order valence-electron chi connectivity index (χ0n) is 13.1. The predicted molar refractivity (Wildman–Crippen MR) is 82.7 cm³/mol. The van der Waals surface area contributed by atoms with E-state index >= 15 is 0 Å². The van der Waals surface area contributed by atoms with Gasteiger partial charge in [0, 0.05) is 0 Å². The standard InChI is InChI=1S/C18H16NO3.Y/c1-12-7-9-13(10-8-12)22-16-6-4-3-5-14(16)17-15(20)11-19(2)18(17)21;/h4-10,17H,11H2,1-2H3;. The summed E-state index contributed by atoms with van der Waals surface area (Å²) in [5.41, 5.74) is 1.82. The monoisotopic (exact) mass is 383 g/mol. The predicted octanol–water partition coefficient (Wildman–Crippen LogP) is 2.08. The van der Waals surface area contributed by atoms with E-state index in [2.05, 4.69) is 0 Å². The molecule has 4 nitrogen and oxygen atoms in total. The number of carbonyl (C=O) groups is 2. The third-order valence-corrected chi connectivity index (χ3v) is 4.81. The van der Waals surface area contributed by atoms with Crippen LogP contribution in [-0.2, 0) is 40.5 Å². The van der Waals surface area contributed by atoms with E-state index in [0.29, 0.717) is 17.1 Å². The first-order valence-corrected chi connectivity index (χ1v) is 8.79. The number of ether oxygens (including phenoxy) is 1. The van der Waals surface area contributed by atoms with E-state index in [9.17, 15) is 9.59 Å². The molecular weight excluding hydrogens is 367 g/mol. The fourth-order valence-electron chi connectivity index (χ4n) is 2.69. The van der Waals surface area contributed by atoms with E-state index in [-0.39, 0.29) is 18.2 Å². The number of carbonyl (C=O) groups excluding carboxylic acids is 2. The van der Waals surface area contributed by atoms with Crippen LogP contribution in [0.25, 0.3) is 0 Å². The van der Waals surface area contributed by atoms with Gasteiger partial charge in [-0.3, -0.25) is 0 Å². The van der Waals surface area contributed by atoms with Gasteiger partial charge in [-0.1, -0.05) is 0 Å². The number of rotatable bonds is 3. The Kier molecular flexibility index (Phi) is 4.65. The summed E-state index contributed by atoms with van der Waals surface area (Å²) in [4.78, 5) is 26.1. The number of ketones is 1. The Morgan fingerprint density at radius 1 is 1.13 bits per heavy atom. The molecule has 0 aliphatic carbocycles. The third-order valence-electron chi connectivity index (χ3n) is 3.93.